The number of esters is 2. The number of aliphatic hydroxyl groups is 2. The minimum atomic E-state index is -2.33. The Morgan fingerprint density at radius 1 is 0.782 bits per heavy atom. The summed E-state index contributed by atoms with van der Waals surface area (Å²) in [5.74, 6) is -6.36. The molecule has 1 heterocycles. The van der Waals surface area contributed by atoms with Crippen molar-refractivity contribution in [2.75, 3.05) is 6.61 Å². The van der Waals surface area contributed by atoms with Crippen LogP contribution in [-0.4, -0.2) is 106 Å². The van der Waals surface area contributed by atoms with Gasteiger partial charge in [0.05, 0.1) is 12.2 Å². The van der Waals surface area contributed by atoms with Crippen molar-refractivity contribution < 1.29 is 81.7 Å². The Balaban J connectivity index is 1.26. The molecule has 2 unspecified atom stereocenters. The number of Topliss-reactive ketones (excluding diaryl/α,β-unsaturated/α-hetero) is 2. The molecule has 3 N–H and O–H groups in total. The number of benzene rings is 4. The summed E-state index contributed by atoms with van der Waals surface area (Å²) < 4.78 is 47.4. The van der Waals surface area contributed by atoms with Crippen LogP contribution in [0.2, 0.25) is 0 Å². The van der Waals surface area contributed by atoms with Gasteiger partial charge in [0.15, 0.2) is 17.2 Å². The molecule has 0 radical (unpaired) electrons. The molecule has 1 saturated heterocycles. The monoisotopic (exact) mass is 1070 g/mol. The highest BCUT2D eigenvalue weighted by molar-refractivity contribution is 6.02. The number of ketones is 2. The lowest BCUT2D eigenvalue weighted by Gasteiger charge is -2.69. The number of amides is 1. The molecule has 18 nitrogen and oxygen atoms in total. The minimum Gasteiger partial charge on any atom is -0.455 e. The number of hydrogen-bond donors (Lipinski definition) is 3. The Labute approximate surface area is 452 Å². The molecule has 11 atom stereocenters. The van der Waals surface area contributed by atoms with Gasteiger partial charge >= 0.3 is 30.3 Å². The molecule has 1 aliphatic heterocycles. The number of aliphatic hydroxyl groups excluding tert-OH is 1. The van der Waals surface area contributed by atoms with Gasteiger partial charge in [-0.2, -0.15) is 0 Å². The van der Waals surface area contributed by atoms with E-state index < -0.39 is 131 Å². The summed E-state index contributed by atoms with van der Waals surface area (Å²) in [7, 11) is 0. The summed E-state index contributed by atoms with van der Waals surface area (Å²) in [5, 5.41) is 29.9. The average molecular weight is 1070 g/mol. The fourth-order valence-corrected chi connectivity index (χ4v) is 12.2. The van der Waals surface area contributed by atoms with Crippen LogP contribution in [0, 0.1) is 22.7 Å². The van der Waals surface area contributed by atoms with Gasteiger partial charge in [0.2, 0.25) is 6.10 Å². The first-order chi connectivity index (χ1) is 36.9. The fourth-order valence-electron chi connectivity index (χ4n) is 12.2. The third-order valence-electron chi connectivity index (χ3n) is 15.9. The van der Waals surface area contributed by atoms with Gasteiger partial charge in [-0.05, 0) is 50.0 Å². The van der Waals surface area contributed by atoms with Crippen LogP contribution < -0.4 is 5.32 Å². The Morgan fingerprint density at radius 2 is 1.33 bits per heavy atom. The van der Waals surface area contributed by atoms with Crippen LogP contribution in [-0.2, 0) is 65.5 Å². The lowest BCUT2D eigenvalue weighted by Crippen LogP contribution is -2.80. The van der Waals surface area contributed by atoms with Crippen molar-refractivity contribution in [1.29, 1.82) is 0 Å². The van der Waals surface area contributed by atoms with E-state index in [1.54, 1.807) is 156 Å². The molecule has 78 heavy (non-hydrogen) atoms. The first-order valence-corrected chi connectivity index (χ1v) is 25.9. The third-order valence-corrected chi connectivity index (χ3v) is 15.9. The van der Waals surface area contributed by atoms with Crippen molar-refractivity contribution in [2.24, 2.45) is 22.7 Å². The number of rotatable bonds is 15. The van der Waals surface area contributed by atoms with Gasteiger partial charge in [-0.15, -0.1) is 0 Å². The quantitative estimate of drug-likeness (QED) is 0.0572. The summed E-state index contributed by atoms with van der Waals surface area (Å²) in [6.07, 6.45) is -13.0. The Morgan fingerprint density at radius 3 is 1.87 bits per heavy atom. The molecule has 3 aliphatic carbocycles. The van der Waals surface area contributed by atoms with Crippen LogP contribution >= 0.6 is 0 Å². The summed E-state index contributed by atoms with van der Waals surface area (Å²) in [6.45, 7) is 11.5. The lowest BCUT2D eigenvalue weighted by molar-refractivity contribution is -0.351. The zero-order valence-electron chi connectivity index (χ0n) is 44.9. The number of hydrogen-bond acceptors (Lipinski definition) is 17. The van der Waals surface area contributed by atoms with Crippen LogP contribution in [0.1, 0.15) is 108 Å². The smallest absolute Gasteiger partial charge is 0.455 e. The second-order valence-electron chi connectivity index (χ2n) is 22.3. The zero-order valence-corrected chi connectivity index (χ0v) is 44.9. The van der Waals surface area contributed by atoms with Crippen LogP contribution in [0.5, 0.6) is 0 Å². The highest BCUT2D eigenvalue weighted by Crippen LogP contribution is 2.67. The predicted octanol–water partition coefficient (Wildman–Crippen LogP) is 8.65. The van der Waals surface area contributed by atoms with Gasteiger partial charge in [-0.1, -0.05) is 142 Å². The Hall–Kier alpha value is -7.41. The van der Waals surface area contributed by atoms with Crippen molar-refractivity contribution >= 4 is 41.9 Å². The van der Waals surface area contributed by atoms with E-state index in [4.69, 9.17) is 37.9 Å². The van der Waals surface area contributed by atoms with Crippen LogP contribution in [0.3, 0.4) is 0 Å². The van der Waals surface area contributed by atoms with Crippen molar-refractivity contribution in [3.8, 4) is 0 Å². The van der Waals surface area contributed by atoms with Gasteiger partial charge in [0, 0.05) is 60.0 Å². The van der Waals surface area contributed by atoms with Gasteiger partial charge < -0.3 is 53.4 Å². The average Bonchev–Trinajstić information content (AvgIpc) is 3.40. The van der Waals surface area contributed by atoms with E-state index in [1.165, 1.54) is 20.8 Å². The maximum absolute atomic E-state index is 15.7. The van der Waals surface area contributed by atoms with Crippen molar-refractivity contribution in [1.82, 2.24) is 5.32 Å². The summed E-state index contributed by atoms with van der Waals surface area (Å²) in [4.78, 5) is 100. The molecule has 1 amide bonds. The predicted molar refractivity (Wildman–Crippen MR) is 278 cm³/mol. The highest BCUT2D eigenvalue weighted by Gasteiger charge is 2.77. The van der Waals surface area contributed by atoms with E-state index in [9.17, 15) is 34.2 Å². The lowest BCUT2D eigenvalue weighted by atomic mass is 9.41. The molecular formula is C60H67NO17. The molecule has 0 aromatic heterocycles. The van der Waals surface area contributed by atoms with E-state index in [2.05, 4.69) is 5.32 Å². The molecule has 3 fully saturated rings. The minimum absolute atomic E-state index is 0.0779. The van der Waals surface area contributed by atoms with Crippen molar-refractivity contribution in [3.05, 3.63) is 155 Å². The van der Waals surface area contributed by atoms with E-state index in [1.807, 2.05) is 0 Å². The maximum atomic E-state index is 15.7. The number of nitrogens with one attached hydrogen (secondary N) is 1. The molecule has 414 valence electrons. The van der Waals surface area contributed by atoms with Crippen LogP contribution in [0.15, 0.2) is 132 Å². The van der Waals surface area contributed by atoms with Gasteiger partial charge in [-0.3, -0.25) is 14.4 Å². The summed E-state index contributed by atoms with van der Waals surface area (Å²) in [5.41, 5.74) is -7.13. The number of ether oxygens (including phenoxy) is 8. The van der Waals surface area contributed by atoms with Gasteiger partial charge in [-0.25, -0.2) is 19.2 Å². The Kier molecular flexibility index (Phi) is 16.4. The van der Waals surface area contributed by atoms with E-state index >= 15 is 9.59 Å². The third kappa shape index (κ3) is 11.3. The van der Waals surface area contributed by atoms with Crippen molar-refractivity contribution in [3.63, 3.8) is 0 Å². The second-order valence-corrected chi connectivity index (χ2v) is 22.3. The zero-order chi connectivity index (χ0) is 56.4. The molecule has 0 spiro atoms. The maximum Gasteiger partial charge on any atom is 0.509 e. The number of alkyl carbamates (subject to hydrolysis) is 1. The normalized spacial score (nSPS) is 27.7. The molecular weight excluding hydrogens is 1010 g/mol. The first-order valence-electron chi connectivity index (χ1n) is 25.9. The van der Waals surface area contributed by atoms with Crippen LogP contribution in [0.25, 0.3) is 0 Å². The number of carbonyl (C=O) groups excluding carboxylic acids is 7. The largest absolute Gasteiger partial charge is 0.509 e. The van der Waals surface area contributed by atoms with E-state index in [0.29, 0.717) is 11.1 Å². The second kappa shape index (κ2) is 22.5. The molecule has 18 heteroatoms. The number of carbonyl (C=O) groups is 7. The van der Waals surface area contributed by atoms with E-state index in [0.717, 1.165) is 0 Å². The summed E-state index contributed by atoms with van der Waals surface area (Å²) in [6, 6.07) is 32.3. The van der Waals surface area contributed by atoms with Crippen LogP contribution in [0.4, 0.5) is 14.4 Å². The molecule has 8 rings (SSSR count). The summed E-state index contributed by atoms with van der Waals surface area (Å²) >= 11 is 0. The molecule has 2 saturated carbocycles. The fraction of sp³-hybridized carbons (Fsp3) is 0.450. The molecule has 4 aromatic rings. The van der Waals surface area contributed by atoms with E-state index in [-0.39, 0.29) is 48.5 Å². The highest BCUT2D eigenvalue weighted by atomic mass is 16.7. The topological polar surface area (TPSA) is 246 Å². The molecule has 4 aliphatic rings. The first kappa shape index (κ1) is 56.8. The van der Waals surface area contributed by atoms with Gasteiger partial charge in [0.25, 0.3) is 0 Å². The Bertz CT molecular complexity index is 2910. The molecule has 4 aromatic carbocycles. The van der Waals surface area contributed by atoms with Gasteiger partial charge in [0.1, 0.15) is 49.3 Å². The van der Waals surface area contributed by atoms with Crippen molar-refractivity contribution in [2.45, 2.75) is 141 Å². The molecule has 2 bridgehead atoms. The number of fused-ring (bicyclic) bond motifs is 5. The SMILES string of the molecule is CC(=O)O[C@@]12CO[C@@H]1C[C@H](OC(=O)OCc1ccccc1)[C@@]1(C)C(O)C(=O)C3=C(C)[C@@H](OC(=O)[C@H](OC(=O)OCc4ccccc4)[C@@H](NC(=O)OC(C)(C)C)c4ccccc4)C[C@@](O)([C@@H](CC(=O)c4ccccc4)C12)C3(C)C. The standard InChI is InChI=1S/C60H67NO17/c1-35-43(74-52(66)49(76-55(69)72-33-38-23-15-10-16-24-38)47(40-27-19-12-20-28-40)61-53(67)78-56(3,4)5)31-60(70)41(29-42(63)39-25-17-11-18-26-39)50-58(8,51(65)48(64)46(35)57(60,6)7)44(30-45-59(50,34-73-45)77-36(2)62)75-54(68)71-32-37-21-13-9-14-22-37/h9-28,41,43-45,47,49-51,65,70H,29-34H2,1-8H3,(H,61,67)/t41-,43-,44-,45+,47-,49+,50?,51?,58+,59-,60+/m0/s1.